The van der Waals surface area contributed by atoms with Gasteiger partial charge in [0.1, 0.15) is 0 Å². The van der Waals surface area contributed by atoms with Crippen molar-refractivity contribution in [2.45, 2.75) is 65.7 Å². The van der Waals surface area contributed by atoms with E-state index in [1.54, 1.807) is 0 Å². The maximum Gasteiger partial charge on any atom is 2.00 e. The second-order valence-electron chi connectivity index (χ2n) is 7.86. The Morgan fingerprint density at radius 2 is 1.48 bits per heavy atom. The molecule has 0 unspecified atom stereocenters. The van der Waals surface area contributed by atoms with Crippen LogP contribution >= 0.6 is 7.92 Å². The molecule has 0 aromatic rings. The molecule has 0 amide bonds. The molecule has 154 valence electrons. The molecule has 4 nitrogen and oxygen atoms in total. The molecular weight excluding hydrogens is 444 g/mol. The van der Waals surface area contributed by atoms with E-state index in [0.717, 1.165) is 25.3 Å². The van der Waals surface area contributed by atoms with Crippen LogP contribution in [0.15, 0.2) is 35.4 Å². The van der Waals surface area contributed by atoms with Gasteiger partial charge in [0, 0.05) is 6.54 Å². The Labute approximate surface area is 182 Å². The summed E-state index contributed by atoms with van der Waals surface area (Å²) in [6.07, 6.45) is 6.45. The van der Waals surface area contributed by atoms with Gasteiger partial charge in [-0.05, 0) is 23.4 Å². The van der Waals surface area contributed by atoms with Crippen molar-refractivity contribution in [3.05, 3.63) is 54.1 Å². The van der Waals surface area contributed by atoms with E-state index in [9.17, 15) is 0 Å². The van der Waals surface area contributed by atoms with Crippen LogP contribution in [0.25, 0.3) is 5.32 Å². The Balaban J connectivity index is -0.000000449. The first-order valence-corrected chi connectivity index (χ1v) is 10.2. The first-order valence-electron chi connectivity index (χ1n) is 8.81. The van der Waals surface area contributed by atoms with E-state index in [1.165, 1.54) is 5.70 Å². The van der Waals surface area contributed by atoms with E-state index in [1.807, 2.05) is 0 Å². The van der Waals surface area contributed by atoms with Gasteiger partial charge in [-0.15, -0.1) is 11.4 Å². The molecule has 0 N–H and O–H groups in total. The zero-order chi connectivity index (χ0) is 21.0. The normalized spacial score (nSPS) is 14.9. The van der Waals surface area contributed by atoms with Gasteiger partial charge in [-0.3, -0.25) is 0 Å². The molecule has 0 spiro atoms. The quantitative estimate of drug-likeness (QED) is 0.203. The van der Waals surface area contributed by atoms with Crippen LogP contribution in [-0.4, -0.2) is 34.8 Å². The van der Waals surface area contributed by atoms with Crippen LogP contribution < -0.4 is 0 Å². The summed E-state index contributed by atoms with van der Waals surface area (Å²) in [4.78, 5) is 2.41. The van der Waals surface area contributed by atoms with Crippen molar-refractivity contribution in [2.75, 3.05) is 19.6 Å². The summed E-state index contributed by atoms with van der Waals surface area (Å²) < 4.78 is 15.0. The number of nitrogens with zero attached hydrogens (tertiary/aromatic N) is 2. The van der Waals surface area contributed by atoms with Gasteiger partial charge >= 0.3 is 42.1 Å². The minimum atomic E-state index is -0.260. The molecular formula is C21H35N2O2PRu. The molecule has 0 fully saturated rings. The van der Waals surface area contributed by atoms with Crippen molar-refractivity contribution < 1.29 is 30.2 Å². The van der Waals surface area contributed by atoms with Crippen LogP contribution in [0.5, 0.6) is 0 Å². The average molecular weight is 480 g/mol. The van der Waals surface area contributed by atoms with Gasteiger partial charge in [0.25, 0.3) is 0 Å². The zero-order valence-electron chi connectivity index (χ0n) is 18.9. The minimum Gasteiger partial charge on any atom is -1.00 e. The second kappa shape index (κ2) is 15.4. The summed E-state index contributed by atoms with van der Waals surface area (Å²) in [5.74, 6) is 2.43. The molecule has 27 heavy (non-hydrogen) atoms. The van der Waals surface area contributed by atoms with E-state index in [2.05, 4.69) is 97.6 Å². The van der Waals surface area contributed by atoms with E-state index < -0.39 is 0 Å². The van der Waals surface area contributed by atoms with Crippen molar-refractivity contribution >= 4 is 7.92 Å². The molecule has 0 aliphatic carbocycles. The van der Waals surface area contributed by atoms with Gasteiger partial charge < -0.3 is 11.6 Å². The Kier molecular flexibility index (Phi) is 17.8. The van der Waals surface area contributed by atoms with E-state index in [-0.39, 0.29) is 28.8 Å². The monoisotopic (exact) mass is 480 g/mol. The maximum atomic E-state index is 7.50. The largest absolute Gasteiger partial charge is 2.00 e. The Bertz CT molecular complexity index is 520. The summed E-state index contributed by atoms with van der Waals surface area (Å²) in [6.45, 7) is 30.6. The summed E-state index contributed by atoms with van der Waals surface area (Å²) >= 11 is 0. The minimum absolute atomic E-state index is 0. The van der Waals surface area contributed by atoms with Gasteiger partial charge in [0.05, 0.1) is 0 Å². The van der Waals surface area contributed by atoms with Gasteiger partial charge in [0.2, 0.25) is 0 Å². The summed E-state index contributed by atoms with van der Waals surface area (Å²) in [7, 11) is -0.260. The summed E-state index contributed by atoms with van der Waals surface area (Å²) in [5, 5.41) is 5.49. The van der Waals surface area contributed by atoms with Crippen LogP contribution in [0, 0.1) is 13.3 Å². The molecule has 0 aromatic heterocycles. The van der Waals surface area contributed by atoms with E-state index in [4.69, 9.17) is 14.6 Å². The second-order valence-corrected chi connectivity index (χ2v) is 11.5. The van der Waals surface area contributed by atoms with Gasteiger partial charge in [-0.1, -0.05) is 87.4 Å². The predicted molar refractivity (Wildman–Crippen MR) is 112 cm³/mol. The molecule has 6 heteroatoms. The number of likely N-dealkylation sites (N-methyl/N-ethyl adjacent to an activating group) is 1. The topological polar surface area (TPSA) is 57.1 Å². The van der Waals surface area contributed by atoms with Crippen molar-refractivity contribution in [3.8, 4) is 0 Å². The molecule has 1 aliphatic rings. The molecule has 0 bridgehead atoms. The van der Waals surface area contributed by atoms with Crippen LogP contribution in [-0.2, 0) is 28.8 Å². The van der Waals surface area contributed by atoms with Crippen LogP contribution in [0.4, 0.5) is 0 Å². The van der Waals surface area contributed by atoms with Crippen LogP contribution in [0.2, 0.25) is 0 Å². The maximum absolute atomic E-state index is 7.50. The molecule has 1 rings (SSSR count). The first-order chi connectivity index (χ1) is 12.1. The fourth-order valence-corrected chi connectivity index (χ4v) is 6.06. The standard InChI is InChI=1S/C19H34N2P.2CO.Ru.H/c1-9-21(10-2)14-16-12-11-13-17(20-16)15-22(18(3,4)5)19(6,7)8;2*1-2;;/h11-13,15H,9-10,14H2,1-8H3;;;;/q-1;;;+2;-1/b17-15-;;;;. The molecule has 0 aromatic carbocycles. The van der Waals surface area contributed by atoms with Crippen molar-refractivity contribution in [2.24, 2.45) is 0 Å². The van der Waals surface area contributed by atoms with E-state index in [0.29, 0.717) is 10.3 Å². The molecule has 0 atom stereocenters. The Morgan fingerprint density at radius 1 is 1.04 bits per heavy atom. The molecule has 1 heterocycles. The third-order valence-electron chi connectivity index (χ3n) is 3.82. The van der Waals surface area contributed by atoms with Crippen molar-refractivity contribution in [1.29, 1.82) is 0 Å². The van der Waals surface area contributed by atoms with E-state index >= 15 is 0 Å². The number of rotatable bonds is 5. The average Bonchev–Trinajstić information content (AvgIpc) is 2.59. The SMILES string of the molecule is CCN(CC)CC1=CC=C/C(=C/P(C(C)(C)C)C(C)(C)C)[N-]1.[C-]#[O+].[C-]#[O+].[H-].[Ru+2]. The summed E-state index contributed by atoms with van der Waals surface area (Å²) in [6, 6.07) is 0. The Hall–Kier alpha value is -0.487. The third-order valence-corrected chi connectivity index (χ3v) is 7.23. The van der Waals surface area contributed by atoms with Gasteiger partial charge in [-0.2, -0.15) is 0 Å². The van der Waals surface area contributed by atoms with Crippen LogP contribution in [0.3, 0.4) is 0 Å². The third kappa shape index (κ3) is 12.6. The Morgan fingerprint density at radius 3 is 1.85 bits per heavy atom. The number of hydrogen-bond acceptors (Lipinski definition) is 1. The van der Waals surface area contributed by atoms with Crippen LogP contribution in [0.1, 0.15) is 56.8 Å². The van der Waals surface area contributed by atoms with Gasteiger partial charge in [0.15, 0.2) is 0 Å². The molecule has 0 saturated carbocycles. The predicted octanol–water partition coefficient (Wildman–Crippen LogP) is 6.11. The van der Waals surface area contributed by atoms with Crippen molar-refractivity contribution in [3.63, 3.8) is 0 Å². The summed E-state index contributed by atoms with van der Waals surface area (Å²) in [5.41, 5.74) is 2.32. The smallest absolute Gasteiger partial charge is 1.00 e. The molecule has 0 saturated heterocycles. The number of allylic oxidation sites excluding steroid dienone is 3. The number of hydrogen-bond donors (Lipinski definition) is 0. The van der Waals surface area contributed by atoms with Crippen molar-refractivity contribution in [1.82, 2.24) is 4.90 Å². The van der Waals surface area contributed by atoms with Gasteiger partial charge in [-0.25, -0.2) is 0 Å². The zero-order valence-corrected chi connectivity index (χ0v) is 20.6. The fourth-order valence-electron chi connectivity index (χ4n) is 2.86. The molecule has 0 radical (unpaired) electrons. The first kappa shape index (κ1) is 31.2. The molecule has 1 aliphatic heterocycles. The fraction of sp³-hybridized carbons (Fsp3) is 0.619.